The van der Waals surface area contributed by atoms with Crippen LogP contribution >= 0.6 is 0 Å². The molecule has 0 fully saturated rings. The summed E-state index contributed by atoms with van der Waals surface area (Å²) in [5, 5.41) is 0. The van der Waals surface area contributed by atoms with Crippen molar-refractivity contribution in [3.8, 4) is 0 Å². The lowest BCUT2D eigenvalue weighted by molar-refractivity contribution is -0.663. The fourth-order valence-corrected chi connectivity index (χ4v) is 3.16. The van der Waals surface area contributed by atoms with Crippen molar-refractivity contribution in [3.63, 3.8) is 0 Å². The molecule has 126 valence electrons. The lowest BCUT2D eigenvalue weighted by Crippen LogP contribution is -3.00. The highest BCUT2D eigenvalue weighted by molar-refractivity contribution is 5.71. The smallest absolute Gasteiger partial charge is 0.245 e. The van der Waals surface area contributed by atoms with Gasteiger partial charge in [0.1, 0.15) is 13.1 Å². The summed E-state index contributed by atoms with van der Waals surface area (Å²) in [5.74, 6) is 0. The first kappa shape index (κ1) is 17.2. The Balaban J connectivity index is 0.00000182. The zero-order chi connectivity index (χ0) is 16.4. The maximum absolute atomic E-state index is 2.34. The number of nitrogens with zero attached hydrogens (tertiary/aromatic N) is 2. The van der Waals surface area contributed by atoms with E-state index in [2.05, 4.69) is 101 Å². The summed E-state index contributed by atoms with van der Waals surface area (Å²) in [6.45, 7) is 3.91. The average Bonchev–Trinajstić information content (AvgIpc) is 2.96. The minimum Gasteiger partial charge on any atom is -1.00 e. The van der Waals surface area contributed by atoms with Crippen molar-refractivity contribution in [2.45, 2.75) is 20.0 Å². The van der Waals surface area contributed by atoms with Gasteiger partial charge >= 0.3 is 0 Å². The molecular weight excluding hydrogens is 328 g/mol. The fourth-order valence-electron chi connectivity index (χ4n) is 3.16. The summed E-state index contributed by atoms with van der Waals surface area (Å²) in [5.41, 5.74) is 6.49. The van der Waals surface area contributed by atoms with Gasteiger partial charge in [0.15, 0.2) is 11.0 Å². The number of aromatic nitrogens is 2. The van der Waals surface area contributed by atoms with Crippen molar-refractivity contribution < 1.29 is 17.0 Å². The van der Waals surface area contributed by atoms with Crippen LogP contribution in [0.25, 0.3) is 11.0 Å². The normalized spacial score (nSPS) is 10.6. The minimum absolute atomic E-state index is 0. The van der Waals surface area contributed by atoms with E-state index in [1.807, 2.05) is 0 Å². The molecule has 2 nitrogen and oxygen atoms in total. The first-order chi connectivity index (χ1) is 11.8. The summed E-state index contributed by atoms with van der Waals surface area (Å²) in [4.78, 5) is 0. The molecule has 0 amide bonds. The molecule has 4 rings (SSSR count). The molecule has 1 aromatic heterocycles. The van der Waals surface area contributed by atoms with Crippen molar-refractivity contribution in [1.82, 2.24) is 4.57 Å². The second-order valence-corrected chi connectivity index (χ2v) is 6.33. The topological polar surface area (TPSA) is 8.81 Å². The SMILES string of the molecule is Cc1ccc(Cn2c[n+](Cc3ccccc3)c3ccccc32)cc1.[Cl-]. The van der Waals surface area contributed by atoms with E-state index >= 15 is 0 Å². The van der Waals surface area contributed by atoms with Gasteiger partial charge in [0, 0.05) is 0 Å². The molecule has 1 heterocycles. The monoisotopic (exact) mass is 348 g/mol. The molecule has 3 aromatic carbocycles. The maximum atomic E-state index is 2.34. The van der Waals surface area contributed by atoms with Crippen molar-refractivity contribution in [2.24, 2.45) is 0 Å². The van der Waals surface area contributed by atoms with Crippen LogP contribution in [0.15, 0.2) is 85.2 Å². The van der Waals surface area contributed by atoms with Gasteiger partial charge in [-0.05, 0) is 30.2 Å². The van der Waals surface area contributed by atoms with E-state index < -0.39 is 0 Å². The van der Waals surface area contributed by atoms with Gasteiger partial charge in [0.2, 0.25) is 6.33 Å². The Hall–Kier alpha value is -2.58. The van der Waals surface area contributed by atoms with Gasteiger partial charge in [0.05, 0.1) is 0 Å². The Kier molecular flexibility index (Phi) is 5.20. The largest absolute Gasteiger partial charge is 1.00 e. The second-order valence-electron chi connectivity index (χ2n) is 6.33. The third-order valence-corrected chi connectivity index (χ3v) is 4.45. The average molecular weight is 349 g/mol. The highest BCUT2D eigenvalue weighted by Crippen LogP contribution is 2.14. The second kappa shape index (κ2) is 7.54. The summed E-state index contributed by atoms with van der Waals surface area (Å²) < 4.78 is 4.67. The predicted molar refractivity (Wildman–Crippen MR) is 98.0 cm³/mol. The van der Waals surface area contributed by atoms with E-state index in [4.69, 9.17) is 0 Å². The Bertz CT molecular complexity index is 956. The van der Waals surface area contributed by atoms with Crippen LogP contribution < -0.4 is 17.0 Å². The number of benzene rings is 3. The predicted octanol–water partition coefficient (Wildman–Crippen LogP) is 1.34. The van der Waals surface area contributed by atoms with Crippen LogP contribution in [-0.4, -0.2) is 4.57 Å². The van der Waals surface area contributed by atoms with E-state index in [0.717, 1.165) is 13.1 Å². The molecule has 0 saturated carbocycles. The highest BCUT2D eigenvalue weighted by Gasteiger charge is 2.15. The Morgan fingerprint density at radius 1 is 0.760 bits per heavy atom. The van der Waals surface area contributed by atoms with E-state index in [1.165, 1.54) is 27.7 Å². The van der Waals surface area contributed by atoms with Crippen LogP contribution in [0.2, 0.25) is 0 Å². The Morgan fingerprint density at radius 3 is 2.20 bits per heavy atom. The molecule has 0 aliphatic carbocycles. The molecule has 0 radical (unpaired) electrons. The molecule has 0 aliphatic rings. The van der Waals surface area contributed by atoms with E-state index in [0.29, 0.717) is 0 Å². The molecule has 0 N–H and O–H groups in total. The van der Waals surface area contributed by atoms with Gasteiger partial charge < -0.3 is 12.4 Å². The lowest BCUT2D eigenvalue weighted by atomic mass is 10.1. The molecule has 0 atom stereocenters. The van der Waals surface area contributed by atoms with Crippen molar-refractivity contribution in [3.05, 3.63) is 102 Å². The molecule has 3 heteroatoms. The third kappa shape index (κ3) is 3.75. The zero-order valence-electron chi connectivity index (χ0n) is 14.3. The zero-order valence-corrected chi connectivity index (χ0v) is 15.0. The number of hydrogen-bond donors (Lipinski definition) is 0. The molecule has 0 unspecified atom stereocenters. The van der Waals surface area contributed by atoms with Gasteiger partial charge in [-0.15, -0.1) is 0 Å². The van der Waals surface area contributed by atoms with E-state index in [-0.39, 0.29) is 12.4 Å². The van der Waals surface area contributed by atoms with Gasteiger partial charge in [-0.25, -0.2) is 9.13 Å². The molecule has 0 saturated heterocycles. The number of para-hydroxylation sites is 2. The number of fused-ring (bicyclic) bond motifs is 1. The number of halogens is 1. The van der Waals surface area contributed by atoms with E-state index in [1.54, 1.807) is 0 Å². The van der Waals surface area contributed by atoms with Crippen molar-refractivity contribution >= 4 is 11.0 Å². The molecule has 0 aliphatic heterocycles. The van der Waals surface area contributed by atoms with Crippen LogP contribution in [0.1, 0.15) is 16.7 Å². The summed E-state index contributed by atoms with van der Waals surface area (Å²) in [6.07, 6.45) is 2.23. The van der Waals surface area contributed by atoms with Gasteiger partial charge in [0.25, 0.3) is 0 Å². The molecule has 0 spiro atoms. The Morgan fingerprint density at radius 2 is 1.44 bits per heavy atom. The standard InChI is InChI=1S/C22H21N2.ClH/c1-18-11-13-20(14-12-18)16-24-17-23(15-19-7-3-2-4-8-19)21-9-5-6-10-22(21)24;/h2-14,17H,15-16H2,1H3;1H/q+1;/p-1. The van der Waals surface area contributed by atoms with Crippen molar-refractivity contribution in [2.75, 3.05) is 0 Å². The minimum atomic E-state index is 0. The van der Waals surface area contributed by atoms with Crippen LogP contribution in [-0.2, 0) is 13.1 Å². The molecule has 0 bridgehead atoms. The first-order valence-corrected chi connectivity index (χ1v) is 8.36. The number of aryl methyl sites for hydroxylation is 1. The van der Waals surface area contributed by atoms with Crippen LogP contribution in [0.3, 0.4) is 0 Å². The van der Waals surface area contributed by atoms with E-state index in [9.17, 15) is 0 Å². The van der Waals surface area contributed by atoms with Crippen LogP contribution in [0, 0.1) is 6.92 Å². The number of imidazole rings is 1. The molecule has 25 heavy (non-hydrogen) atoms. The van der Waals surface area contributed by atoms with Gasteiger partial charge in [-0.1, -0.05) is 72.3 Å². The fraction of sp³-hybridized carbons (Fsp3) is 0.136. The van der Waals surface area contributed by atoms with Crippen molar-refractivity contribution in [1.29, 1.82) is 0 Å². The van der Waals surface area contributed by atoms with Gasteiger partial charge in [-0.3, -0.25) is 0 Å². The first-order valence-electron chi connectivity index (χ1n) is 8.36. The molecule has 4 aromatic rings. The highest BCUT2D eigenvalue weighted by atomic mass is 35.5. The number of rotatable bonds is 4. The van der Waals surface area contributed by atoms with Gasteiger partial charge in [-0.2, -0.15) is 0 Å². The lowest BCUT2D eigenvalue weighted by Gasteiger charge is -2.00. The van der Waals surface area contributed by atoms with Crippen LogP contribution in [0.5, 0.6) is 0 Å². The maximum Gasteiger partial charge on any atom is 0.245 e. The molecular formula is C22H21ClN2. The number of hydrogen-bond acceptors (Lipinski definition) is 0. The summed E-state index contributed by atoms with van der Waals surface area (Å²) >= 11 is 0. The van der Waals surface area contributed by atoms with Crippen LogP contribution in [0.4, 0.5) is 0 Å². The quantitative estimate of drug-likeness (QED) is 0.492. The third-order valence-electron chi connectivity index (χ3n) is 4.45. The summed E-state index contributed by atoms with van der Waals surface area (Å²) in [7, 11) is 0. The summed E-state index contributed by atoms with van der Waals surface area (Å²) in [6, 6.07) is 28.0. The Labute approximate surface area is 154 Å².